The maximum Gasteiger partial charge on any atom is 0.120 e. The lowest BCUT2D eigenvalue weighted by Crippen LogP contribution is -2.46. The molecule has 0 aromatic heterocycles. The number of nitrogens with one attached hydrogen (secondary N) is 1. The molecule has 27 heavy (non-hydrogen) atoms. The second-order valence-corrected chi connectivity index (χ2v) is 6.51. The van der Waals surface area contributed by atoms with Gasteiger partial charge < -0.3 is 9.64 Å². The molecule has 0 saturated carbocycles. The van der Waals surface area contributed by atoms with E-state index >= 15 is 0 Å². The normalized spacial score (nSPS) is 15.6. The highest BCUT2D eigenvalue weighted by atomic mass is 16.6. The summed E-state index contributed by atoms with van der Waals surface area (Å²) in [6.07, 6.45) is 2.21. The third kappa shape index (κ3) is 5.49. The molecule has 1 N–H and O–H groups in total. The fourth-order valence-electron chi connectivity index (χ4n) is 3.20. The van der Waals surface area contributed by atoms with Gasteiger partial charge >= 0.3 is 0 Å². The molecule has 0 unspecified atom stereocenters. The van der Waals surface area contributed by atoms with Crippen LogP contribution in [0.5, 0.6) is 5.75 Å². The lowest BCUT2D eigenvalue weighted by atomic mass is 10.1. The Bertz CT molecular complexity index is 725. The number of nitrogens with zero attached hydrogens (tertiary/aromatic N) is 2. The summed E-state index contributed by atoms with van der Waals surface area (Å²) in [6.45, 7) is 7.60. The molecular formula is C22H29N3O2. The number of piperazine rings is 1. The van der Waals surface area contributed by atoms with Crippen LogP contribution in [0.1, 0.15) is 12.5 Å². The quantitative estimate of drug-likeness (QED) is 0.724. The Balaban J connectivity index is 1.57. The summed E-state index contributed by atoms with van der Waals surface area (Å²) in [6, 6.07) is 18.6. The third-order valence-corrected chi connectivity index (χ3v) is 4.76. The smallest absolute Gasteiger partial charge is 0.120 e. The SMILES string of the molecule is CCONC(=CCN1CCN(c2cccc(OC)c2)CC1)c1ccccc1. The van der Waals surface area contributed by atoms with Gasteiger partial charge in [0.05, 0.1) is 19.4 Å². The predicted octanol–water partition coefficient (Wildman–Crippen LogP) is 3.40. The van der Waals surface area contributed by atoms with Gasteiger partial charge in [0.15, 0.2) is 0 Å². The van der Waals surface area contributed by atoms with E-state index in [1.807, 2.05) is 31.2 Å². The molecule has 0 spiro atoms. The van der Waals surface area contributed by atoms with Gasteiger partial charge in [0.2, 0.25) is 0 Å². The van der Waals surface area contributed by atoms with E-state index in [-0.39, 0.29) is 0 Å². The van der Waals surface area contributed by atoms with Gasteiger partial charge in [0.1, 0.15) is 5.75 Å². The Morgan fingerprint density at radius 3 is 2.52 bits per heavy atom. The molecule has 2 aromatic carbocycles. The highest BCUT2D eigenvalue weighted by Gasteiger charge is 2.17. The molecule has 1 fully saturated rings. The summed E-state index contributed by atoms with van der Waals surface area (Å²) in [5.74, 6) is 0.910. The lowest BCUT2D eigenvalue weighted by Gasteiger charge is -2.35. The number of benzene rings is 2. The minimum absolute atomic E-state index is 0.628. The molecule has 0 amide bonds. The largest absolute Gasteiger partial charge is 0.497 e. The van der Waals surface area contributed by atoms with Crippen molar-refractivity contribution in [2.75, 3.05) is 51.3 Å². The zero-order valence-corrected chi connectivity index (χ0v) is 16.2. The molecule has 1 saturated heterocycles. The number of hydrogen-bond acceptors (Lipinski definition) is 5. The van der Waals surface area contributed by atoms with Crippen molar-refractivity contribution < 1.29 is 9.57 Å². The van der Waals surface area contributed by atoms with E-state index in [4.69, 9.17) is 9.57 Å². The van der Waals surface area contributed by atoms with E-state index in [2.05, 4.69) is 51.7 Å². The molecule has 5 heteroatoms. The lowest BCUT2D eigenvalue weighted by molar-refractivity contribution is 0.0896. The third-order valence-electron chi connectivity index (χ3n) is 4.76. The van der Waals surface area contributed by atoms with E-state index in [0.717, 1.165) is 49.7 Å². The zero-order valence-electron chi connectivity index (χ0n) is 16.2. The second-order valence-electron chi connectivity index (χ2n) is 6.51. The van der Waals surface area contributed by atoms with Crippen molar-refractivity contribution in [2.24, 2.45) is 0 Å². The Labute approximate surface area is 162 Å². The first kappa shape index (κ1) is 19.3. The molecule has 2 aromatic rings. The summed E-state index contributed by atoms with van der Waals surface area (Å²) >= 11 is 0. The van der Waals surface area contributed by atoms with Crippen molar-refractivity contribution >= 4 is 11.4 Å². The van der Waals surface area contributed by atoms with Gasteiger partial charge in [-0.3, -0.25) is 15.2 Å². The van der Waals surface area contributed by atoms with Crippen LogP contribution in [0.4, 0.5) is 5.69 Å². The van der Waals surface area contributed by atoms with Crippen LogP contribution in [0.15, 0.2) is 60.7 Å². The minimum Gasteiger partial charge on any atom is -0.497 e. The van der Waals surface area contributed by atoms with Gasteiger partial charge in [-0.15, -0.1) is 0 Å². The van der Waals surface area contributed by atoms with Gasteiger partial charge in [-0.1, -0.05) is 36.4 Å². The van der Waals surface area contributed by atoms with Crippen LogP contribution >= 0.6 is 0 Å². The van der Waals surface area contributed by atoms with Crippen molar-refractivity contribution in [3.8, 4) is 5.75 Å². The molecule has 1 heterocycles. The summed E-state index contributed by atoms with van der Waals surface area (Å²) in [5, 5.41) is 0. The van der Waals surface area contributed by atoms with Crippen LogP contribution in [0.2, 0.25) is 0 Å². The Morgan fingerprint density at radius 1 is 1.04 bits per heavy atom. The number of ether oxygens (including phenoxy) is 1. The van der Waals surface area contributed by atoms with Gasteiger partial charge in [0.25, 0.3) is 0 Å². The average Bonchev–Trinajstić information content (AvgIpc) is 2.75. The highest BCUT2D eigenvalue weighted by Crippen LogP contribution is 2.22. The second kappa shape index (κ2) is 10.00. The van der Waals surface area contributed by atoms with Crippen molar-refractivity contribution in [3.05, 3.63) is 66.2 Å². The Kier molecular flexibility index (Phi) is 7.13. The predicted molar refractivity (Wildman–Crippen MR) is 111 cm³/mol. The van der Waals surface area contributed by atoms with Crippen LogP contribution in [-0.2, 0) is 4.84 Å². The first-order valence-electron chi connectivity index (χ1n) is 9.55. The Morgan fingerprint density at radius 2 is 1.81 bits per heavy atom. The van der Waals surface area contributed by atoms with Crippen molar-refractivity contribution in [1.29, 1.82) is 0 Å². The molecule has 0 atom stereocenters. The summed E-state index contributed by atoms with van der Waals surface area (Å²) in [7, 11) is 1.71. The molecule has 0 bridgehead atoms. The minimum atomic E-state index is 0.628. The van der Waals surface area contributed by atoms with Crippen LogP contribution in [0.25, 0.3) is 5.70 Å². The van der Waals surface area contributed by atoms with Gasteiger partial charge in [0, 0.05) is 44.5 Å². The van der Waals surface area contributed by atoms with Crippen LogP contribution in [0, 0.1) is 0 Å². The number of hydroxylamine groups is 1. The molecule has 5 nitrogen and oxygen atoms in total. The van der Waals surface area contributed by atoms with E-state index in [9.17, 15) is 0 Å². The number of methoxy groups -OCH3 is 1. The van der Waals surface area contributed by atoms with E-state index in [1.165, 1.54) is 5.69 Å². The Hall–Kier alpha value is -2.50. The molecule has 1 aliphatic heterocycles. The fraction of sp³-hybridized carbons (Fsp3) is 0.364. The molecule has 3 rings (SSSR count). The summed E-state index contributed by atoms with van der Waals surface area (Å²) < 4.78 is 5.34. The molecular weight excluding hydrogens is 338 g/mol. The van der Waals surface area contributed by atoms with Gasteiger partial charge in [-0.2, -0.15) is 0 Å². The number of hydrogen-bond donors (Lipinski definition) is 1. The van der Waals surface area contributed by atoms with E-state index in [1.54, 1.807) is 7.11 Å². The van der Waals surface area contributed by atoms with Crippen LogP contribution < -0.4 is 15.1 Å². The monoisotopic (exact) mass is 367 g/mol. The summed E-state index contributed by atoms with van der Waals surface area (Å²) in [5.41, 5.74) is 6.47. The standard InChI is InChI=1S/C22H29N3O2/c1-3-27-23-22(19-8-5-4-6-9-19)12-13-24-14-16-25(17-15-24)20-10-7-11-21(18-20)26-2/h4-12,18,23H,3,13-17H2,1-2H3. The zero-order chi connectivity index (χ0) is 18.9. The topological polar surface area (TPSA) is 37.0 Å². The van der Waals surface area contributed by atoms with Crippen molar-refractivity contribution in [2.45, 2.75) is 6.92 Å². The number of rotatable bonds is 8. The van der Waals surface area contributed by atoms with Gasteiger partial charge in [-0.05, 0) is 30.7 Å². The molecule has 1 aliphatic rings. The average molecular weight is 367 g/mol. The maximum atomic E-state index is 5.43. The first-order chi connectivity index (χ1) is 13.3. The van der Waals surface area contributed by atoms with Crippen LogP contribution in [0.3, 0.4) is 0 Å². The molecule has 144 valence electrons. The van der Waals surface area contributed by atoms with Crippen LogP contribution in [-0.4, -0.2) is 51.3 Å². The maximum absolute atomic E-state index is 5.43. The van der Waals surface area contributed by atoms with E-state index < -0.39 is 0 Å². The fourth-order valence-corrected chi connectivity index (χ4v) is 3.20. The van der Waals surface area contributed by atoms with E-state index in [0.29, 0.717) is 6.61 Å². The van der Waals surface area contributed by atoms with Crippen molar-refractivity contribution in [3.63, 3.8) is 0 Å². The first-order valence-corrected chi connectivity index (χ1v) is 9.55. The van der Waals surface area contributed by atoms with Crippen molar-refractivity contribution in [1.82, 2.24) is 10.4 Å². The summed E-state index contributed by atoms with van der Waals surface area (Å²) in [4.78, 5) is 10.3. The molecule has 0 radical (unpaired) electrons. The number of anilines is 1. The van der Waals surface area contributed by atoms with Gasteiger partial charge in [-0.25, -0.2) is 0 Å². The highest BCUT2D eigenvalue weighted by molar-refractivity contribution is 5.63. The molecule has 0 aliphatic carbocycles.